The number of amides is 1. The fourth-order valence-electron chi connectivity index (χ4n) is 4.95. The summed E-state index contributed by atoms with van der Waals surface area (Å²) in [5.41, 5.74) is 2.22. The number of pyridine rings is 1. The lowest BCUT2D eigenvalue weighted by molar-refractivity contribution is -0.138. The highest BCUT2D eigenvalue weighted by Crippen LogP contribution is 2.35. The van der Waals surface area contributed by atoms with Crippen LogP contribution in [0.3, 0.4) is 0 Å². The van der Waals surface area contributed by atoms with Gasteiger partial charge in [0.05, 0.1) is 18.2 Å². The highest BCUT2D eigenvalue weighted by molar-refractivity contribution is 6.04. The van der Waals surface area contributed by atoms with Crippen LogP contribution in [-0.2, 0) is 12.7 Å². The van der Waals surface area contributed by atoms with Crippen molar-refractivity contribution < 1.29 is 22.7 Å². The molecule has 1 aromatic heterocycles. The largest absolute Gasteiger partial charge is 0.495 e. The summed E-state index contributed by atoms with van der Waals surface area (Å²) in [5.74, 6) is 0.197. The summed E-state index contributed by atoms with van der Waals surface area (Å²) < 4.78 is 47.5. The molecule has 0 bridgehead atoms. The Hall–Kier alpha value is -4.21. The number of hydrogen-bond acceptors (Lipinski definition) is 5. The lowest BCUT2D eigenvalue weighted by atomic mass is 10.0. The lowest BCUT2D eigenvalue weighted by Crippen LogP contribution is -2.44. The van der Waals surface area contributed by atoms with Crippen LogP contribution in [0.25, 0.3) is 23.1 Å². The second-order valence-electron chi connectivity index (χ2n) is 10.1. The normalized spacial score (nSPS) is 15.0. The van der Waals surface area contributed by atoms with Gasteiger partial charge in [-0.2, -0.15) is 13.2 Å². The number of para-hydroxylation sites is 1. The van der Waals surface area contributed by atoms with Crippen molar-refractivity contribution in [3.05, 3.63) is 101 Å². The van der Waals surface area contributed by atoms with Gasteiger partial charge in [0.1, 0.15) is 5.75 Å². The van der Waals surface area contributed by atoms with Crippen molar-refractivity contribution in [2.45, 2.75) is 12.7 Å². The van der Waals surface area contributed by atoms with E-state index in [2.05, 4.69) is 15.2 Å². The average Bonchev–Trinajstić information content (AvgIpc) is 2.97. The Balaban J connectivity index is 1.32. The van der Waals surface area contributed by atoms with E-state index in [1.54, 1.807) is 31.5 Å². The molecule has 1 saturated heterocycles. The van der Waals surface area contributed by atoms with E-state index in [4.69, 9.17) is 4.74 Å². The zero-order valence-corrected chi connectivity index (χ0v) is 22.9. The molecule has 1 aliphatic heterocycles. The number of likely N-dealkylation sites (N-methyl/N-ethyl adjacent to an activating group) is 1. The van der Waals surface area contributed by atoms with Gasteiger partial charge in [-0.3, -0.25) is 14.7 Å². The predicted molar refractivity (Wildman–Crippen MR) is 156 cm³/mol. The van der Waals surface area contributed by atoms with Crippen LogP contribution < -0.4 is 10.1 Å². The van der Waals surface area contributed by atoms with Crippen LogP contribution in [0.1, 0.15) is 32.6 Å². The maximum absolute atomic E-state index is 14.0. The van der Waals surface area contributed by atoms with Crippen molar-refractivity contribution in [1.82, 2.24) is 14.8 Å². The Morgan fingerprint density at radius 2 is 1.78 bits per heavy atom. The molecule has 0 aliphatic carbocycles. The van der Waals surface area contributed by atoms with E-state index >= 15 is 0 Å². The first-order valence-electron chi connectivity index (χ1n) is 13.3. The molecule has 1 aliphatic rings. The summed E-state index contributed by atoms with van der Waals surface area (Å²) in [6.07, 6.45) is 0.871. The fourth-order valence-corrected chi connectivity index (χ4v) is 4.95. The molecular weight excluding hydrogens is 529 g/mol. The first-order chi connectivity index (χ1) is 19.7. The number of halogens is 3. The smallest absolute Gasteiger partial charge is 0.416 e. The van der Waals surface area contributed by atoms with E-state index in [1.807, 2.05) is 54.4 Å². The topological polar surface area (TPSA) is 57.7 Å². The van der Waals surface area contributed by atoms with Gasteiger partial charge in [-0.1, -0.05) is 36.4 Å². The number of carbonyl (C=O) groups excluding carboxylic acids is 1. The Morgan fingerprint density at radius 1 is 1.00 bits per heavy atom. The molecule has 5 rings (SSSR count). The Labute approximate surface area is 237 Å². The zero-order chi connectivity index (χ0) is 29.0. The van der Waals surface area contributed by atoms with E-state index in [0.29, 0.717) is 24.4 Å². The number of methoxy groups -OCH3 is 1. The van der Waals surface area contributed by atoms with Crippen molar-refractivity contribution >= 4 is 34.6 Å². The van der Waals surface area contributed by atoms with Crippen molar-refractivity contribution in [1.29, 1.82) is 0 Å². The van der Waals surface area contributed by atoms with Crippen LogP contribution in [0.5, 0.6) is 5.75 Å². The molecule has 212 valence electrons. The molecular formula is C32H31F3N4O2. The number of piperazine rings is 1. The Kier molecular flexibility index (Phi) is 8.37. The molecule has 1 fully saturated rings. The molecule has 1 N–H and O–H groups in total. The van der Waals surface area contributed by atoms with Crippen molar-refractivity contribution in [2.24, 2.45) is 0 Å². The maximum atomic E-state index is 14.0. The number of alkyl halides is 3. The van der Waals surface area contributed by atoms with E-state index < -0.39 is 17.6 Å². The van der Waals surface area contributed by atoms with E-state index in [0.717, 1.165) is 41.2 Å². The van der Waals surface area contributed by atoms with E-state index in [-0.39, 0.29) is 17.8 Å². The molecule has 6 nitrogen and oxygen atoms in total. The van der Waals surface area contributed by atoms with Crippen molar-refractivity contribution in [3.8, 4) is 5.75 Å². The van der Waals surface area contributed by atoms with Gasteiger partial charge in [0.15, 0.2) is 0 Å². The Bertz CT molecular complexity index is 1580. The number of nitrogens with one attached hydrogen (secondary N) is 1. The molecule has 2 heterocycles. The molecule has 0 atom stereocenters. The SMILES string of the molecule is COc1c(/C=C\c2cccc(C(=O)Nc3ccc(CN4CCN(C)CC4)c(C(F)(F)F)c3)c2)cnc2ccccc12. The first-order valence-corrected chi connectivity index (χ1v) is 13.3. The zero-order valence-electron chi connectivity index (χ0n) is 22.9. The van der Waals surface area contributed by atoms with E-state index in [1.165, 1.54) is 12.1 Å². The molecule has 3 aromatic carbocycles. The number of ether oxygens (including phenoxy) is 1. The number of anilines is 1. The summed E-state index contributed by atoms with van der Waals surface area (Å²) in [6, 6.07) is 18.5. The number of nitrogens with zero attached hydrogens (tertiary/aromatic N) is 3. The molecule has 0 radical (unpaired) electrons. The number of rotatable bonds is 7. The van der Waals surface area contributed by atoms with Crippen LogP contribution in [-0.4, -0.2) is 61.0 Å². The fraction of sp³-hybridized carbons (Fsp3) is 0.250. The first kappa shape index (κ1) is 28.3. The summed E-state index contributed by atoms with van der Waals surface area (Å²) in [5, 5.41) is 3.52. The predicted octanol–water partition coefficient (Wildman–Crippen LogP) is 6.43. The highest BCUT2D eigenvalue weighted by atomic mass is 19.4. The van der Waals surface area contributed by atoms with Crippen molar-refractivity contribution in [3.63, 3.8) is 0 Å². The third-order valence-corrected chi connectivity index (χ3v) is 7.22. The van der Waals surface area contributed by atoms with Gasteiger partial charge in [0, 0.05) is 61.1 Å². The molecule has 1 amide bonds. The summed E-state index contributed by atoms with van der Waals surface area (Å²) in [4.78, 5) is 21.7. The molecule has 9 heteroatoms. The standard InChI is InChI=1S/C32H31F3N4O2/c1-38-14-16-39(17-15-38)21-25-12-13-26(19-28(25)32(33,34)35)37-31(40)23-7-5-6-22(18-23)10-11-24-20-36-29-9-4-3-8-27(29)30(24)41-2/h3-13,18-20H,14-17,21H2,1-2H3,(H,37,40)/b11-10-. The highest BCUT2D eigenvalue weighted by Gasteiger charge is 2.34. The second-order valence-corrected chi connectivity index (χ2v) is 10.1. The molecule has 0 unspecified atom stereocenters. The summed E-state index contributed by atoms with van der Waals surface area (Å²) in [6.45, 7) is 3.26. The monoisotopic (exact) mass is 560 g/mol. The van der Waals surface area contributed by atoms with Gasteiger partial charge in [-0.25, -0.2) is 0 Å². The lowest BCUT2D eigenvalue weighted by Gasteiger charge is -2.33. The summed E-state index contributed by atoms with van der Waals surface area (Å²) >= 11 is 0. The minimum absolute atomic E-state index is 0.0948. The van der Waals surface area contributed by atoms with Crippen LogP contribution >= 0.6 is 0 Å². The molecule has 41 heavy (non-hydrogen) atoms. The van der Waals surface area contributed by atoms with Gasteiger partial charge in [-0.15, -0.1) is 0 Å². The minimum Gasteiger partial charge on any atom is -0.495 e. The Morgan fingerprint density at radius 3 is 2.54 bits per heavy atom. The van der Waals surface area contributed by atoms with E-state index in [9.17, 15) is 18.0 Å². The third kappa shape index (κ3) is 6.75. The van der Waals surface area contributed by atoms with Gasteiger partial charge in [0.2, 0.25) is 0 Å². The van der Waals surface area contributed by atoms with Gasteiger partial charge >= 0.3 is 6.18 Å². The van der Waals surface area contributed by atoms with Gasteiger partial charge in [-0.05, 0) is 60.6 Å². The quantitative estimate of drug-likeness (QED) is 0.282. The van der Waals surface area contributed by atoms with Crippen LogP contribution in [0.2, 0.25) is 0 Å². The number of hydrogen-bond donors (Lipinski definition) is 1. The van der Waals surface area contributed by atoms with Crippen LogP contribution in [0.15, 0.2) is 72.9 Å². The van der Waals surface area contributed by atoms with Crippen LogP contribution in [0.4, 0.5) is 18.9 Å². The maximum Gasteiger partial charge on any atom is 0.416 e. The number of benzene rings is 3. The van der Waals surface area contributed by atoms with Crippen LogP contribution in [0, 0.1) is 0 Å². The van der Waals surface area contributed by atoms with Gasteiger partial charge in [0.25, 0.3) is 5.91 Å². The average molecular weight is 561 g/mol. The number of carbonyl (C=O) groups is 1. The third-order valence-electron chi connectivity index (χ3n) is 7.22. The minimum atomic E-state index is -4.54. The van der Waals surface area contributed by atoms with Crippen molar-refractivity contribution in [2.75, 3.05) is 45.7 Å². The summed E-state index contributed by atoms with van der Waals surface area (Å²) in [7, 11) is 3.61. The number of aromatic nitrogens is 1. The van der Waals surface area contributed by atoms with Gasteiger partial charge < -0.3 is 15.0 Å². The molecule has 0 spiro atoms. The molecule has 4 aromatic rings. The molecule has 0 saturated carbocycles. The second kappa shape index (κ2) is 12.1. The number of fused-ring (bicyclic) bond motifs is 1.